The Bertz CT molecular complexity index is 293. The smallest absolute Gasteiger partial charge is 0.0718 e. The van der Waals surface area contributed by atoms with Crippen LogP contribution in [0.5, 0.6) is 0 Å². The van der Waals surface area contributed by atoms with Crippen LogP contribution in [0.3, 0.4) is 0 Å². The Balaban J connectivity index is 2.52. The van der Waals surface area contributed by atoms with Gasteiger partial charge in [-0.3, -0.25) is 0 Å². The van der Waals surface area contributed by atoms with Crippen LogP contribution >= 0.6 is 11.3 Å². The fourth-order valence-electron chi connectivity index (χ4n) is 1.25. The Labute approximate surface area is 86.8 Å². The van der Waals surface area contributed by atoms with Crippen molar-refractivity contribution in [3.8, 4) is 0 Å². The van der Waals surface area contributed by atoms with Gasteiger partial charge in [0.2, 0.25) is 0 Å². The van der Waals surface area contributed by atoms with E-state index in [0.29, 0.717) is 0 Å². The van der Waals surface area contributed by atoms with Gasteiger partial charge in [-0.2, -0.15) is 0 Å². The predicted molar refractivity (Wildman–Crippen MR) is 57.1 cm³/mol. The molecule has 5 heteroatoms. The molecule has 1 rings (SSSR count). The van der Waals surface area contributed by atoms with Crippen LogP contribution < -0.4 is 0 Å². The van der Waals surface area contributed by atoms with Gasteiger partial charge >= 0.3 is 0 Å². The van der Waals surface area contributed by atoms with Crippen molar-refractivity contribution in [2.24, 2.45) is 5.11 Å². The Hall–Kier alpha value is -1.03. The Morgan fingerprint density at radius 2 is 2.43 bits per heavy atom. The van der Waals surface area contributed by atoms with Crippen LogP contribution in [0, 0.1) is 0 Å². The van der Waals surface area contributed by atoms with E-state index in [0.717, 1.165) is 24.1 Å². The zero-order chi connectivity index (χ0) is 10.2. The van der Waals surface area contributed by atoms with Gasteiger partial charge in [-0.1, -0.05) is 17.6 Å². The maximum atomic E-state index is 8.64. The molecule has 0 spiro atoms. The maximum absolute atomic E-state index is 8.64. The standard InChI is InChI=1S/C9H13N3OS/c10-12-11-8(4-1-2-6-13)9-5-3-7-14-9/h3,5,7-8,13H,1-2,4,6H2. The van der Waals surface area contributed by atoms with Crippen LogP contribution in [-0.2, 0) is 0 Å². The second-order valence-electron chi connectivity index (χ2n) is 2.96. The van der Waals surface area contributed by atoms with Gasteiger partial charge in [-0.15, -0.1) is 11.3 Å². The Morgan fingerprint density at radius 1 is 1.57 bits per heavy atom. The van der Waals surface area contributed by atoms with E-state index < -0.39 is 0 Å². The molecule has 0 fully saturated rings. The Kier molecular flexibility index (Phi) is 5.07. The van der Waals surface area contributed by atoms with Crippen molar-refractivity contribution in [1.82, 2.24) is 0 Å². The zero-order valence-electron chi connectivity index (χ0n) is 7.83. The van der Waals surface area contributed by atoms with Gasteiger partial charge in [0, 0.05) is 16.4 Å². The van der Waals surface area contributed by atoms with Gasteiger partial charge in [0.1, 0.15) is 0 Å². The van der Waals surface area contributed by atoms with Crippen LogP contribution in [0.4, 0.5) is 0 Å². The minimum Gasteiger partial charge on any atom is -0.396 e. The van der Waals surface area contributed by atoms with Gasteiger partial charge in [0.15, 0.2) is 0 Å². The third-order valence-electron chi connectivity index (χ3n) is 1.95. The molecular weight excluding hydrogens is 198 g/mol. The number of unbranched alkanes of at least 4 members (excludes halogenated alkanes) is 1. The highest BCUT2D eigenvalue weighted by atomic mass is 32.1. The van der Waals surface area contributed by atoms with Crippen LogP contribution in [0.25, 0.3) is 10.4 Å². The molecule has 0 aliphatic carbocycles. The molecule has 0 radical (unpaired) electrons. The second kappa shape index (κ2) is 6.43. The van der Waals surface area contributed by atoms with Crippen molar-refractivity contribution in [2.75, 3.05) is 6.61 Å². The molecule has 1 aromatic rings. The summed E-state index contributed by atoms with van der Waals surface area (Å²) in [5, 5.41) is 14.4. The molecule has 76 valence electrons. The van der Waals surface area contributed by atoms with Crippen molar-refractivity contribution in [2.45, 2.75) is 25.3 Å². The van der Waals surface area contributed by atoms with E-state index >= 15 is 0 Å². The van der Waals surface area contributed by atoms with Crippen molar-refractivity contribution < 1.29 is 5.11 Å². The molecule has 1 heterocycles. The van der Waals surface area contributed by atoms with E-state index in [1.54, 1.807) is 11.3 Å². The molecule has 0 amide bonds. The topological polar surface area (TPSA) is 69.0 Å². The third-order valence-corrected chi connectivity index (χ3v) is 2.92. The van der Waals surface area contributed by atoms with Gasteiger partial charge in [0.25, 0.3) is 0 Å². The number of hydrogen-bond acceptors (Lipinski definition) is 3. The monoisotopic (exact) mass is 211 g/mol. The van der Waals surface area contributed by atoms with Crippen LogP contribution in [-0.4, -0.2) is 11.7 Å². The number of azide groups is 1. The van der Waals surface area contributed by atoms with E-state index in [4.69, 9.17) is 10.6 Å². The largest absolute Gasteiger partial charge is 0.396 e. The average molecular weight is 211 g/mol. The molecule has 1 aromatic heterocycles. The fourth-order valence-corrected chi connectivity index (χ4v) is 2.04. The number of aliphatic hydroxyl groups is 1. The molecule has 0 saturated carbocycles. The molecule has 14 heavy (non-hydrogen) atoms. The molecule has 4 nitrogen and oxygen atoms in total. The minimum absolute atomic E-state index is 0.0634. The normalized spacial score (nSPS) is 12.1. The summed E-state index contributed by atoms with van der Waals surface area (Å²) in [6.45, 7) is 0.202. The first-order valence-corrected chi connectivity index (χ1v) is 5.45. The SMILES string of the molecule is [N-]=[N+]=NC(CCCCO)c1cccs1. The lowest BCUT2D eigenvalue weighted by Crippen LogP contribution is -1.93. The van der Waals surface area contributed by atoms with E-state index in [9.17, 15) is 0 Å². The summed E-state index contributed by atoms with van der Waals surface area (Å²) in [5.41, 5.74) is 8.41. The summed E-state index contributed by atoms with van der Waals surface area (Å²) < 4.78 is 0. The average Bonchev–Trinajstić information content (AvgIpc) is 2.70. The summed E-state index contributed by atoms with van der Waals surface area (Å²) in [4.78, 5) is 3.94. The first-order valence-electron chi connectivity index (χ1n) is 4.57. The van der Waals surface area contributed by atoms with Gasteiger partial charge < -0.3 is 5.11 Å². The second-order valence-corrected chi connectivity index (χ2v) is 3.93. The van der Waals surface area contributed by atoms with E-state index in [2.05, 4.69) is 10.0 Å². The van der Waals surface area contributed by atoms with Crippen LogP contribution in [0.2, 0.25) is 0 Å². The van der Waals surface area contributed by atoms with Crippen molar-refractivity contribution in [1.29, 1.82) is 0 Å². The molecule has 1 atom stereocenters. The maximum Gasteiger partial charge on any atom is 0.0718 e. The minimum atomic E-state index is -0.0634. The van der Waals surface area contributed by atoms with Crippen LogP contribution in [0.15, 0.2) is 22.6 Å². The van der Waals surface area contributed by atoms with Gasteiger partial charge in [0.05, 0.1) is 6.04 Å². The lowest BCUT2D eigenvalue weighted by Gasteiger charge is -2.07. The fraction of sp³-hybridized carbons (Fsp3) is 0.556. The molecule has 1 unspecified atom stereocenters. The van der Waals surface area contributed by atoms with Gasteiger partial charge in [-0.25, -0.2) is 0 Å². The predicted octanol–water partition coefficient (Wildman–Crippen LogP) is 3.26. The van der Waals surface area contributed by atoms with E-state index in [1.165, 1.54) is 0 Å². The van der Waals surface area contributed by atoms with E-state index in [-0.39, 0.29) is 12.6 Å². The molecule has 0 aliphatic rings. The third kappa shape index (κ3) is 3.38. The Morgan fingerprint density at radius 3 is 3.00 bits per heavy atom. The number of nitrogens with zero attached hydrogens (tertiary/aromatic N) is 3. The zero-order valence-corrected chi connectivity index (χ0v) is 8.65. The van der Waals surface area contributed by atoms with E-state index in [1.807, 2.05) is 17.5 Å². The lowest BCUT2D eigenvalue weighted by molar-refractivity contribution is 0.281. The quantitative estimate of drug-likeness (QED) is 0.333. The summed E-state index contributed by atoms with van der Waals surface area (Å²) in [5.74, 6) is 0. The highest BCUT2D eigenvalue weighted by molar-refractivity contribution is 7.10. The first kappa shape index (κ1) is 11.0. The lowest BCUT2D eigenvalue weighted by atomic mass is 10.1. The summed E-state index contributed by atoms with van der Waals surface area (Å²) >= 11 is 1.60. The number of rotatable bonds is 6. The molecule has 0 aromatic carbocycles. The van der Waals surface area contributed by atoms with Crippen molar-refractivity contribution in [3.05, 3.63) is 32.8 Å². The highest BCUT2D eigenvalue weighted by Crippen LogP contribution is 2.27. The number of hydrogen-bond donors (Lipinski definition) is 1. The molecule has 1 N–H and O–H groups in total. The highest BCUT2D eigenvalue weighted by Gasteiger charge is 2.09. The number of aliphatic hydroxyl groups excluding tert-OH is 1. The van der Waals surface area contributed by atoms with Gasteiger partial charge in [-0.05, 0) is 29.8 Å². The van der Waals surface area contributed by atoms with Crippen molar-refractivity contribution in [3.63, 3.8) is 0 Å². The first-order chi connectivity index (χ1) is 6.88. The molecular formula is C9H13N3OS. The summed E-state index contributed by atoms with van der Waals surface area (Å²) in [6.07, 6.45) is 2.46. The summed E-state index contributed by atoms with van der Waals surface area (Å²) in [6, 6.07) is 3.86. The molecule has 0 aliphatic heterocycles. The van der Waals surface area contributed by atoms with Crippen molar-refractivity contribution >= 4 is 11.3 Å². The van der Waals surface area contributed by atoms with Crippen LogP contribution in [0.1, 0.15) is 30.2 Å². The number of thiophene rings is 1. The molecule has 0 bridgehead atoms. The summed E-state index contributed by atoms with van der Waals surface area (Å²) in [7, 11) is 0. The molecule has 0 saturated heterocycles.